The summed E-state index contributed by atoms with van der Waals surface area (Å²) in [6, 6.07) is 6.25. The number of nitrogens with zero attached hydrogens (tertiary/aromatic N) is 4. The van der Waals surface area contributed by atoms with Gasteiger partial charge in [0.1, 0.15) is 17.9 Å². The highest BCUT2D eigenvalue weighted by Gasteiger charge is 2.14. The minimum absolute atomic E-state index is 0.0518. The fourth-order valence-corrected chi connectivity index (χ4v) is 3.48. The summed E-state index contributed by atoms with van der Waals surface area (Å²) in [5.74, 6) is -0.0938. The molecule has 4 aromatic rings. The highest BCUT2D eigenvalue weighted by molar-refractivity contribution is 7.08. The second-order valence-electron chi connectivity index (χ2n) is 6.24. The first-order valence-electron chi connectivity index (χ1n) is 8.78. The van der Waals surface area contributed by atoms with Gasteiger partial charge in [-0.2, -0.15) is 16.1 Å². The number of fused-ring (bicyclic) bond motifs is 1. The third-order valence-corrected chi connectivity index (χ3v) is 4.98. The van der Waals surface area contributed by atoms with Crippen molar-refractivity contribution in [2.75, 3.05) is 0 Å². The van der Waals surface area contributed by atoms with E-state index in [0.717, 1.165) is 10.4 Å². The first-order chi connectivity index (χ1) is 14.0. The van der Waals surface area contributed by atoms with Crippen LogP contribution >= 0.6 is 11.3 Å². The lowest BCUT2D eigenvalue weighted by atomic mass is 10.0. The summed E-state index contributed by atoms with van der Waals surface area (Å²) in [7, 11) is 0. The van der Waals surface area contributed by atoms with E-state index in [9.17, 15) is 14.7 Å². The lowest BCUT2D eigenvalue weighted by Gasteiger charge is -2.09. The molecule has 0 aliphatic heterocycles. The summed E-state index contributed by atoms with van der Waals surface area (Å²) in [5, 5.41) is 26.3. The van der Waals surface area contributed by atoms with Crippen LogP contribution in [0.2, 0.25) is 0 Å². The monoisotopic (exact) mass is 412 g/mol. The van der Waals surface area contributed by atoms with E-state index in [2.05, 4.69) is 15.4 Å². The number of carbonyl (C=O) groups excluding carboxylic acids is 1. The molecule has 0 radical (unpaired) electrons. The number of carbonyl (C=O) groups is 1. The number of benzene rings is 1. The summed E-state index contributed by atoms with van der Waals surface area (Å²) >= 11 is 1.51. The number of hydrogen-bond acceptors (Lipinski definition) is 9. The molecule has 148 valence electrons. The molecule has 10 heteroatoms. The van der Waals surface area contributed by atoms with Crippen LogP contribution in [0.1, 0.15) is 18.1 Å². The van der Waals surface area contributed by atoms with Gasteiger partial charge in [-0.1, -0.05) is 6.92 Å². The van der Waals surface area contributed by atoms with Crippen molar-refractivity contribution < 1.29 is 19.1 Å². The predicted octanol–water partition coefficient (Wildman–Crippen LogP) is 2.52. The number of esters is 1. The highest BCUT2D eigenvalue weighted by Crippen LogP contribution is 2.27. The van der Waals surface area contributed by atoms with Crippen LogP contribution in [0.25, 0.3) is 22.4 Å². The molecule has 4 rings (SSSR count). The molecular weight excluding hydrogens is 396 g/mol. The minimum Gasteiger partial charge on any atom is -0.508 e. The zero-order valence-electron chi connectivity index (χ0n) is 15.4. The van der Waals surface area contributed by atoms with Gasteiger partial charge in [-0.15, -0.1) is 10.2 Å². The Morgan fingerprint density at radius 3 is 2.93 bits per heavy atom. The second-order valence-corrected chi connectivity index (χ2v) is 7.02. The van der Waals surface area contributed by atoms with Crippen molar-refractivity contribution in [1.82, 2.24) is 20.2 Å². The summed E-state index contributed by atoms with van der Waals surface area (Å²) < 4.78 is 10.4. The molecule has 0 aliphatic rings. The van der Waals surface area contributed by atoms with Crippen molar-refractivity contribution in [2.24, 2.45) is 0 Å². The minimum atomic E-state index is -0.592. The van der Waals surface area contributed by atoms with E-state index in [0.29, 0.717) is 28.8 Å². The lowest BCUT2D eigenvalue weighted by molar-refractivity contribution is -0.146. The summed E-state index contributed by atoms with van der Waals surface area (Å²) in [4.78, 5) is 25.1. The van der Waals surface area contributed by atoms with Gasteiger partial charge in [-0.05, 0) is 34.7 Å². The van der Waals surface area contributed by atoms with Crippen molar-refractivity contribution >= 4 is 28.3 Å². The Kier molecular flexibility index (Phi) is 5.09. The van der Waals surface area contributed by atoms with Crippen molar-refractivity contribution in [3.05, 3.63) is 56.6 Å². The van der Waals surface area contributed by atoms with Gasteiger partial charge in [0.05, 0.1) is 0 Å². The molecule has 29 heavy (non-hydrogen) atoms. The van der Waals surface area contributed by atoms with Crippen LogP contribution in [0.4, 0.5) is 0 Å². The summed E-state index contributed by atoms with van der Waals surface area (Å²) in [6.07, 6.45) is 0.602. The van der Waals surface area contributed by atoms with E-state index >= 15 is 0 Å². The Morgan fingerprint density at radius 2 is 2.17 bits per heavy atom. The molecule has 0 saturated heterocycles. The molecule has 3 heterocycles. The Hall–Kier alpha value is -3.53. The highest BCUT2D eigenvalue weighted by atomic mass is 32.1. The van der Waals surface area contributed by atoms with Gasteiger partial charge in [-0.3, -0.25) is 0 Å². The third-order valence-electron chi connectivity index (χ3n) is 4.30. The molecule has 0 saturated carbocycles. The molecular formula is C19H16N4O5S. The van der Waals surface area contributed by atoms with E-state index in [4.69, 9.17) is 9.15 Å². The van der Waals surface area contributed by atoms with Crippen LogP contribution in [0.5, 0.6) is 5.75 Å². The van der Waals surface area contributed by atoms with E-state index < -0.39 is 11.6 Å². The van der Waals surface area contributed by atoms with E-state index in [1.807, 2.05) is 23.8 Å². The van der Waals surface area contributed by atoms with Crippen molar-refractivity contribution in [1.29, 1.82) is 0 Å². The fourth-order valence-electron chi connectivity index (χ4n) is 2.85. The molecule has 0 aliphatic carbocycles. The number of tetrazole rings is 1. The predicted molar refractivity (Wildman–Crippen MR) is 104 cm³/mol. The van der Waals surface area contributed by atoms with Crippen molar-refractivity contribution in [3.8, 4) is 17.1 Å². The Bertz CT molecular complexity index is 1230. The molecule has 1 N–H and O–H groups in total. The number of aromatic hydroxyl groups is 1. The maximum absolute atomic E-state index is 12.2. The first kappa shape index (κ1) is 18.8. The number of phenolic OH excluding ortho intramolecular Hbond substituents is 1. The molecule has 9 nitrogen and oxygen atoms in total. The van der Waals surface area contributed by atoms with Gasteiger partial charge >= 0.3 is 11.6 Å². The maximum atomic E-state index is 12.2. The quantitative estimate of drug-likeness (QED) is 0.379. The number of ether oxygens (including phenoxy) is 1. The van der Waals surface area contributed by atoms with Crippen LogP contribution in [0.3, 0.4) is 0 Å². The number of hydrogen-bond donors (Lipinski definition) is 1. The summed E-state index contributed by atoms with van der Waals surface area (Å²) in [5.41, 5.74) is 1.66. The number of aryl methyl sites for hydroxylation is 1. The molecule has 1 aromatic carbocycles. The Morgan fingerprint density at radius 1 is 1.31 bits per heavy atom. The zero-order valence-corrected chi connectivity index (χ0v) is 16.2. The van der Waals surface area contributed by atoms with Gasteiger partial charge in [0.2, 0.25) is 5.82 Å². The van der Waals surface area contributed by atoms with Gasteiger partial charge in [-0.25, -0.2) is 9.59 Å². The Labute approximate surface area is 168 Å². The largest absolute Gasteiger partial charge is 0.508 e. The van der Waals surface area contributed by atoms with Gasteiger partial charge < -0.3 is 14.3 Å². The molecule has 0 bridgehead atoms. The van der Waals surface area contributed by atoms with Crippen molar-refractivity contribution in [3.63, 3.8) is 0 Å². The van der Waals surface area contributed by atoms with Crippen LogP contribution in [-0.4, -0.2) is 31.3 Å². The SMILES string of the molecule is CCc1cc2c(COC(=O)Cn3nnc(-c4ccsc4)n3)cc(=O)oc2cc1O. The fraction of sp³-hybridized carbons (Fsp3) is 0.211. The molecule has 0 unspecified atom stereocenters. The Balaban J connectivity index is 1.49. The first-order valence-corrected chi connectivity index (χ1v) is 9.72. The normalized spacial score (nSPS) is 11.1. The topological polar surface area (TPSA) is 120 Å². The number of aromatic nitrogens is 4. The van der Waals surface area contributed by atoms with Gasteiger partial charge in [0.15, 0.2) is 6.54 Å². The molecule has 0 fully saturated rings. The van der Waals surface area contributed by atoms with Crippen molar-refractivity contribution in [2.45, 2.75) is 26.5 Å². The smallest absolute Gasteiger partial charge is 0.336 e. The number of thiophene rings is 1. The second kappa shape index (κ2) is 7.84. The number of phenols is 1. The standard InChI is InChI=1S/C19H16N4O5S/c1-2-11-5-14-13(6-17(25)28-16(14)7-15(11)24)9-27-18(26)8-23-21-19(20-22-23)12-3-4-29-10-12/h3-7,10,24H,2,8-9H2,1H3. The van der Waals surface area contributed by atoms with E-state index in [1.165, 1.54) is 23.5 Å². The molecule has 0 spiro atoms. The molecule has 3 aromatic heterocycles. The zero-order chi connectivity index (χ0) is 20.4. The van der Waals surface area contributed by atoms with Crippen LogP contribution in [0, 0.1) is 0 Å². The van der Waals surface area contributed by atoms with E-state index in [1.54, 1.807) is 6.07 Å². The maximum Gasteiger partial charge on any atom is 0.336 e. The van der Waals surface area contributed by atoms with Crippen LogP contribution < -0.4 is 5.63 Å². The number of rotatable bonds is 6. The summed E-state index contributed by atoms with van der Waals surface area (Å²) in [6.45, 7) is 1.56. The molecule has 0 atom stereocenters. The third kappa shape index (κ3) is 4.02. The van der Waals surface area contributed by atoms with Gasteiger partial charge in [0.25, 0.3) is 0 Å². The lowest BCUT2D eigenvalue weighted by Crippen LogP contribution is -2.16. The van der Waals surface area contributed by atoms with Gasteiger partial charge in [0, 0.05) is 34.0 Å². The van der Waals surface area contributed by atoms with Crippen LogP contribution in [-0.2, 0) is 29.1 Å². The van der Waals surface area contributed by atoms with E-state index in [-0.39, 0.29) is 24.5 Å². The van der Waals surface area contributed by atoms with Crippen LogP contribution in [0.15, 0.2) is 44.2 Å². The molecule has 0 amide bonds. The average Bonchev–Trinajstić information content (AvgIpc) is 3.37. The average molecular weight is 412 g/mol.